The maximum Gasteiger partial charge on any atom is 0.342 e. The molecular formula is C23H22N6O3. The first-order valence-electron chi connectivity index (χ1n) is 10.4. The molecule has 2 aromatic carbocycles. The molecule has 5 rings (SSSR count). The lowest BCUT2D eigenvalue weighted by Gasteiger charge is -2.06. The van der Waals surface area contributed by atoms with Gasteiger partial charge in [-0.05, 0) is 41.0 Å². The molecule has 9 heteroatoms. The number of hydrogen-bond acceptors (Lipinski definition) is 7. The Balaban J connectivity index is 1.43. The van der Waals surface area contributed by atoms with E-state index in [1.54, 1.807) is 22.7 Å². The van der Waals surface area contributed by atoms with Crippen molar-refractivity contribution in [3.05, 3.63) is 77.7 Å². The van der Waals surface area contributed by atoms with Crippen LogP contribution >= 0.6 is 0 Å². The molecule has 2 aromatic heterocycles. The highest BCUT2D eigenvalue weighted by molar-refractivity contribution is 5.96. The average Bonchev–Trinajstić information content (AvgIpc) is 3.41. The van der Waals surface area contributed by atoms with Crippen molar-refractivity contribution in [3.63, 3.8) is 0 Å². The Bertz CT molecular complexity index is 1230. The number of methoxy groups -OCH3 is 1. The van der Waals surface area contributed by atoms with Crippen LogP contribution in [0.2, 0.25) is 0 Å². The summed E-state index contributed by atoms with van der Waals surface area (Å²) >= 11 is 0. The van der Waals surface area contributed by atoms with Gasteiger partial charge in [0, 0.05) is 11.8 Å². The second kappa shape index (κ2) is 8.62. The molecule has 2 heterocycles. The molecular weight excluding hydrogens is 408 g/mol. The van der Waals surface area contributed by atoms with Crippen LogP contribution in [0.3, 0.4) is 0 Å². The first-order valence-corrected chi connectivity index (χ1v) is 10.4. The van der Waals surface area contributed by atoms with Gasteiger partial charge in [0.25, 0.3) is 0 Å². The third-order valence-electron chi connectivity index (χ3n) is 5.30. The number of ether oxygens (including phenoxy) is 2. The number of aromatic nitrogens is 6. The molecule has 0 N–H and O–H groups in total. The number of rotatable bonds is 8. The van der Waals surface area contributed by atoms with E-state index in [0.717, 1.165) is 24.0 Å². The standard InChI is InChI=1S/C23H22N6O3/c1-31-19-9-5-8-17(12-19)22-20(14-28(25-22)13-16-6-3-2-4-7-16)23(30)32-15-21-24-26-27-29(21)18-10-11-18/h2-9,12,14,18H,10-11,13,15H2,1H3. The van der Waals surface area contributed by atoms with E-state index in [0.29, 0.717) is 35.4 Å². The molecule has 4 aromatic rings. The average molecular weight is 430 g/mol. The van der Waals surface area contributed by atoms with Crippen molar-refractivity contribution in [1.29, 1.82) is 0 Å². The highest BCUT2D eigenvalue weighted by Crippen LogP contribution is 2.34. The van der Waals surface area contributed by atoms with Crippen LogP contribution in [0.25, 0.3) is 11.3 Å². The van der Waals surface area contributed by atoms with E-state index in [1.165, 1.54) is 0 Å². The molecule has 0 amide bonds. The van der Waals surface area contributed by atoms with Crippen LogP contribution < -0.4 is 4.74 Å². The van der Waals surface area contributed by atoms with Gasteiger partial charge in [-0.2, -0.15) is 5.10 Å². The highest BCUT2D eigenvalue weighted by Gasteiger charge is 2.28. The number of carbonyl (C=O) groups is 1. The normalized spacial score (nSPS) is 13.2. The minimum Gasteiger partial charge on any atom is -0.497 e. The highest BCUT2D eigenvalue weighted by atomic mass is 16.5. The molecule has 9 nitrogen and oxygen atoms in total. The first kappa shape index (κ1) is 19.9. The lowest BCUT2D eigenvalue weighted by molar-refractivity contribution is 0.0457. The summed E-state index contributed by atoms with van der Waals surface area (Å²) in [5.74, 6) is 0.746. The molecule has 0 saturated heterocycles. The summed E-state index contributed by atoms with van der Waals surface area (Å²) in [6.45, 7) is 0.536. The number of benzene rings is 2. The van der Waals surface area contributed by atoms with Gasteiger partial charge in [0.2, 0.25) is 0 Å². The summed E-state index contributed by atoms with van der Waals surface area (Å²) in [6.07, 6.45) is 3.80. The SMILES string of the molecule is COc1cccc(-c2nn(Cc3ccccc3)cc2C(=O)OCc2nnnn2C2CC2)c1. The number of nitrogens with zero attached hydrogens (tertiary/aromatic N) is 6. The Kier molecular flexibility index (Phi) is 5.37. The van der Waals surface area contributed by atoms with Crippen LogP contribution in [0.4, 0.5) is 0 Å². The van der Waals surface area contributed by atoms with Crippen LogP contribution in [-0.2, 0) is 17.9 Å². The number of tetrazole rings is 1. The zero-order valence-corrected chi connectivity index (χ0v) is 17.6. The van der Waals surface area contributed by atoms with E-state index in [2.05, 4.69) is 20.6 Å². The molecule has 1 aliphatic carbocycles. The largest absolute Gasteiger partial charge is 0.497 e. The van der Waals surface area contributed by atoms with Crippen LogP contribution in [-0.4, -0.2) is 43.1 Å². The third-order valence-corrected chi connectivity index (χ3v) is 5.30. The Morgan fingerprint density at radius 2 is 1.97 bits per heavy atom. The fourth-order valence-corrected chi connectivity index (χ4v) is 3.52. The molecule has 0 atom stereocenters. The maximum absolute atomic E-state index is 13.1. The summed E-state index contributed by atoms with van der Waals surface area (Å²) < 4.78 is 14.4. The van der Waals surface area contributed by atoms with E-state index in [9.17, 15) is 4.79 Å². The van der Waals surface area contributed by atoms with Crippen molar-refractivity contribution in [3.8, 4) is 17.0 Å². The smallest absolute Gasteiger partial charge is 0.342 e. The van der Waals surface area contributed by atoms with Crippen molar-refractivity contribution in [2.45, 2.75) is 32.0 Å². The molecule has 0 spiro atoms. The van der Waals surface area contributed by atoms with Gasteiger partial charge in [0.1, 0.15) is 17.0 Å². The Labute approximate surface area is 184 Å². The minimum atomic E-state index is -0.479. The Hall–Kier alpha value is -4.01. The lowest BCUT2D eigenvalue weighted by atomic mass is 10.1. The summed E-state index contributed by atoms with van der Waals surface area (Å²) in [4.78, 5) is 13.1. The molecule has 1 saturated carbocycles. The van der Waals surface area contributed by atoms with Crippen LogP contribution in [0.15, 0.2) is 60.8 Å². The van der Waals surface area contributed by atoms with Crippen molar-refractivity contribution < 1.29 is 14.3 Å². The van der Waals surface area contributed by atoms with Gasteiger partial charge in [-0.15, -0.1) is 5.10 Å². The lowest BCUT2D eigenvalue weighted by Crippen LogP contribution is -2.10. The third kappa shape index (κ3) is 4.22. The van der Waals surface area contributed by atoms with Gasteiger partial charge < -0.3 is 9.47 Å². The zero-order chi connectivity index (χ0) is 21.9. The zero-order valence-electron chi connectivity index (χ0n) is 17.6. The van der Waals surface area contributed by atoms with E-state index in [-0.39, 0.29) is 6.61 Å². The van der Waals surface area contributed by atoms with Crippen molar-refractivity contribution in [1.82, 2.24) is 30.0 Å². The van der Waals surface area contributed by atoms with E-state index in [4.69, 9.17) is 9.47 Å². The predicted octanol–water partition coefficient (Wildman–Crippen LogP) is 3.29. The number of esters is 1. The second-order valence-corrected chi connectivity index (χ2v) is 7.65. The second-order valence-electron chi connectivity index (χ2n) is 7.65. The van der Waals surface area contributed by atoms with Gasteiger partial charge >= 0.3 is 5.97 Å². The molecule has 1 fully saturated rings. The molecule has 0 aliphatic heterocycles. The Morgan fingerprint density at radius 1 is 1.12 bits per heavy atom. The quantitative estimate of drug-likeness (QED) is 0.396. The minimum absolute atomic E-state index is 0.00372. The van der Waals surface area contributed by atoms with Crippen LogP contribution in [0.5, 0.6) is 5.75 Å². The predicted molar refractivity (Wildman–Crippen MR) is 115 cm³/mol. The van der Waals surface area contributed by atoms with Crippen molar-refractivity contribution >= 4 is 5.97 Å². The van der Waals surface area contributed by atoms with E-state index in [1.807, 2.05) is 54.6 Å². The molecule has 1 aliphatic rings. The van der Waals surface area contributed by atoms with Crippen LogP contribution in [0.1, 0.15) is 40.6 Å². The molecule has 32 heavy (non-hydrogen) atoms. The summed E-state index contributed by atoms with van der Waals surface area (Å²) in [6, 6.07) is 17.7. The van der Waals surface area contributed by atoms with Gasteiger partial charge in [-0.3, -0.25) is 4.68 Å². The maximum atomic E-state index is 13.1. The molecule has 0 unspecified atom stereocenters. The number of hydrogen-bond donors (Lipinski definition) is 0. The summed E-state index contributed by atoms with van der Waals surface area (Å²) in [7, 11) is 1.60. The first-order chi connectivity index (χ1) is 15.7. The fourth-order valence-electron chi connectivity index (χ4n) is 3.52. The Morgan fingerprint density at radius 3 is 2.75 bits per heavy atom. The monoisotopic (exact) mass is 430 g/mol. The van der Waals surface area contributed by atoms with Gasteiger partial charge in [-0.25, -0.2) is 9.48 Å². The van der Waals surface area contributed by atoms with Crippen molar-refractivity contribution in [2.24, 2.45) is 0 Å². The fraction of sp³-hybridized carbons (Fsp3) is 0.261. The van der Waals surface area contributed by atoms with E-state index < -0.39 is 5.97 Å². The summed E-state index contributed by atoms with van der Waals surface area (Å²) in [5.41, 5.74) is 2.76. The van der Waals surface area contributed by atoms with E-state index >= 15 is 0 Å². The van der Waals surface area contributed by atoms with Gasteiger partial charge in [0.15, 0.2) is 12.4 Å². The van der Waals surface area contributed by atoms with Gasteiger partial charge in [0.05, 0.1) is 19.7 Å². The van der Waals surface area contributed by atoms with Crippen LogP contribution in [0, 0.1) is 0 Å². The van der Waals surface area contributed by atoms with Gasteiger partial charge in [-0.1, -0.05) is 42.5 Å². The molecule has 0 radical (unpaired) electrons. The summed E-state index contributed by atoms with van der Waals surface area (Å²) in [5, 5.41) is 16.4. The number of carbonyl (C=O) groups excluding carboxylic acids is 1. The topological polar surface area (TPSA) is 97.0 Å². The van der Waals surface area contributed by atoms with Crippen molar-refractivity contribution in [2.75, 3.05) is 7.11 Å². The molecule has 162 valence electrons. The molecule has 0 bridgehead atoms.